The van der Waals surface area contributed by atoms with Gasteiger partial charge in [0, 0.05) is 31.4 Å². The van der Waals surface area contributed by atoms with Crippen LogP contribution in [0.4, 0.5) is 0 Å². The Morgan fingerprint density at radius 1 is 1.11 bits per heavy atom. The van der Waals surface area contributed by atoms with E-state index in [1.54, 1.807) is 29.4 Å². The minimum Gasteiger partial charge on any atom is -0.454 e. The average Bonchev–Trinajstić information content (AvgIpc) is 3.20. The highest BCUT2D eigenvalue weighted by Gasteiger charge is 2.33. The van der Waals surface area contributed by atoms with E-state index in [1.165, 1.54) is 0 Å². The first kappa shape index (κ1) is 16.9. The lowest BCUT2D eigenvalue weighted by molar-refractivity contribution is 0.0383. The molecule has 3 heterocycles. The second-order valence-corrected chi connectivity index (χ2v) is 7.06. The van der Waals surface area contributed by atoms with Gasteiger partial charge in [-0.1, -0.05) is 12.1 Å². The summed E-state index contributed by atoms with van der Waals surface area (Å²) in [7, 11) is 0. The maximum Gasteiger partial charge on any atom is 0.256 e. The summed E-state index contributed by atoms with van der Waals surface area (Å²) < 4.78 is 10.8. The standard InChI is InChI=1S/C21H19N3O4/c25-17-11-24(21(26)15-2-1-3-16-20(15)23-8-7-22-16)9-6-14(17)13-4-5-18-19(10-13)28-12-27-18/h1-5,7-8,10,14,17,25H,6,9,11-12H2/t14-,17+/m0/s1. The van der Waals surface area contributed by atoms with Crippen LogP contribution in [-0.2, 0) is 0 Å². The summed E-state index contributed by atoms with van der Waals surface area (Å²) in [6, 6.07) is 11.2. The molecule has 0 radical (unpaired) electrons. The zero-order chi connectivity index (χ0) is 19.1. The summed E-state index contributed by atoms with van der Waals surface area (Å²) in [4.78, 5) is 23.3. The highest BCUT2D eigenvalue weighted by Crippen LogP contribution is 2.37. The van der Waals surface area contributed by atoms with E-state index in [-0.39, 0.29) is 25.2 Å². The molecule has 7 heteroatoms. The van der Waals surface area contributed by atoms with Crippen molar-refractivity contribution in [3.05, 3.63) is 59.9 Å². The van der Waals surface area contributed by atoms with Crippen LogP contribution in [0.3, 0.4) is 0 Å². The van der Waals surface area contributed by atoms with Crippen molar-refractivity contribution in [1.82, 2.24) is 14.9 Å². The predicted molar refractivity (Wildman–Crippen MR) is 101 cm³/mol. The van der Waals surface area contributed by atoms with Gasteiger partial charge in [0.2, 0.25) is 6.79 Å². The summed E-state index contributed by atoms with van der Waals surface area (Å²) >= 11 is 0. The van der Waals surface area contributed by atoms with Gasteiger partial charge in [-0.3, -0.25) is 14.8 Å². The van der Waals surface area contributed by atoms with Crippen molar-refractivity contribution in [3.63, 3.8) is 0 Å². The highest BCUT2D eigenvalue weighted by atomic mass is 16.7. The van der Waals surface area contributed by atoms with E-state index in [4.69, 9.17) is 9.47 Å². The molecule has 2 aromatic carbocycles. The van der Waals surface area contributed by atoms with Gasteiger partial charge < -0.3 is 19.5 Å². The second kappa shape index (κ2) is 6.76. The van der Waals surface area contributed by atoms with Crippen LogP contribution < -0.4 is 9.47 Å². The molecule has 0 spiro atoms. The fourth-order valence-corrected chi connectivity index (χ4v) is 3.98. The summed E-state index contributed by atoms with van der Waals surface area (Å²) in [5.41, 5.74) is 2.78. The molecule has 0 bridgehead atoms. The van der Waals surface area contributed by atoms with E-state index in [0.29, 0.717) is 35.3 Å². The molecular weight excluding hydrogens is 358 g/mol. The number of amides is 1. The zero-order valence-electron chi connectivity index (χ0n) is 15.1. The van der Waals surface area contributed by atoms with Crippen LogP contribution in [-0.4, -0.2) is 51.9 Å². The SMILES string of the molecule is O=C(c1cccc2nccnc12)N1CC[C@@H](c2ccc3c(c2)OCO3)[C@H](O)C1. The summed E-state index contributed by atoms with van der Waals surface area (Å²) in [6.07, 6.45) is 3.21. The first-order chi connectivity index (χ1) is 13.7. The number of hydrogen-bond acceptors (Lipinski definition) is 6. The monoisotopic (exact) mass is 377 g/mol. The van der Waals surface area contributed by atoms with Gasteiger partial charge in [0.1, 0.15) is 5.52 Å². The smallest absolute Gasteiger partial charge is 0.256 e. The van der Waals surface area contributed by atoms with Crippen molar-refractivity contribution in [2.45, 2.75) is 18.4 Å². The molecule has 2 aliphatic heterocycles. The van der Waals surface area contributed by atoms with Gasteiger partial charge in [-0.25, -0.2) is 0 Å². The third-order valence-electron chi connectivity index (χ3n) is 5.42. The Balaban J connectivity index is 1.36. The van der Waals surface area contributed by atoms with Crippen LogP contribution in [0.5, 0.6) is 11.5 Å². The molecule has 2 aliphatic rings. The molecule has 1 saturated heterocycles. The molecule has 1 N–H and O–H groups in total. The number of aromatic nitrogens is 2. The van der Waals surface area contributed by atoms with Gasteiger partial charge in [-0.15, -0.1) is 0 Å². The minimum absolute atomic E-state index is 0.0501. The fourth-order valence-electron chi connectivity index (χ4n) is 3.98. The van der Waals surface area contributed by atoms with E-state index >= 15 is 0 Å². The number of nitrogens with zero attached hydrogens (tertiary/aromatic N) is 3. The number of aliphatic hydroxyl groups excluding tert-OH is 1. The Bertz CT molecular complexity index is 1050. The number of ether oxygens (including phenoxy) is 2. The number of aliphatic hydroxyl groups is 1. The van der Waals surface area contributed by atoms with Crippen LogP contribution in [0.2, 0.25) is 0 Å². The molecule has 28 heavy (non-hydrogen) atoms. The van der Waals surface area contributed by atoms with Crippen LogP contribution in [0.15, 0.2) is 48.8 Å². The number of piperidine rings is 1. The molecule has 1 fully saturated rings. The summed E-state index contributed by atoms with van der Waals surface area (Å²) in [6.45, 7) is 1.06. The fraction of sp³-hybridized carbons (Fsp3) is 0.286. The number of fused-ring (bicyclic) bond motifs is 2. The number of rotatable bonds is 2. The number of hydrogen-bond donors (Lipinski definition) is 1. The molecular formula is C21H19N3O4. The summed E-state index contributed by atoms with van der Waals surface area (Å²) in [5.74, 6) is 1.25. The molecule has 0 aliphatic carbocycles. The van der Waals surface area contributed by atoms with Crippen molar-refractivity contribution in [3.8, 4) is 11.5 Å². The lowest BCUT2D eigenvalue weighted by Gasteiger charge is -2.36. The van der Waals surface area contributed by atoms with Gasteiger partial charge in [0.25, 0.3) is 5.91 Å². The zero-order valence-corrected chi connectivity index (χ0v) is 15.1. The average molecular weight is 377 g/mol. The molecule has 1 amide bonds. The van der Waals surface area contributed by atoms with Crippen LogP contribution in [0.25, 0.3) is 11.0 Å². The Hall–Kier alpha value is -3.19. The maximum atomic E-state index is 13.1. The van der Waals surface area contributed by atoms with Gasteiger partial charge in [-0.05, 0) is 36.2 Å². The Morgan fingerprint density at radius 3 is 2.86 bits per heavy atom. The van der Waals surface area contributed by atoms with E-state index in [9.17, 15) is 9.90 Å². The first-order valence-corrected chi connectivity index (χ1v) is 9.27. The van der Waals surface area contributed by atoms with Gasteiger partial charge in [0.15, 0.2) is 11.5 Å². The summed E-state index contributed by atoms with van der Waals surface area (Å²) in [5, 5.41) is 10.8. The Labute approximate surface area is 161 Å². The highest BCUT2D eigenvalue weighted by molar-refractivity contribution is 6.04. The van der Waals surface area contributed by atoms with Crippen molar-refractivity contribution in [2.75, 3.05) is 19.9 Å². The quantitative estimate of drug-likeness (QED) is 0.738. The van der Waals surface area contributed by atoms with Crippen LogP contribution in [0.1, 0.15) is 28.3 Å². The second-order valence-electron chi connectivity index (χ2n) is 7.06. The maximum absolute atomic E-state index is 13.1. The third-order valence-corrected chi connectivity index (χ3v) is 5.42. The van der Waals surface area contributed by atoms with E-state index in [2.05, 4.69) is 9.97 Å². The molecule has 1 aromatic heterocycles. The lowest BCUT2D eigenvalue weighted by atomic mass is 9.86. The first-order valence-electron chi connectivity index (χ1n) is 9.27. The number of benzene rings is 2. The van der Waals surface area contributed by atoms with Gasteiger partial charge in [0.05, 0.1) is 17.2 Å². The van der Waals surface area contributed by atoms with E-state index in [1.807, 2.05) is 24.3 Å². The van der Waals surface area contributed by atoms with Gasteiger partial charge in [-0.2, -0.15) is 0 Å². The largest absolute Gasteiger partial charge is 0.454 e. The normalized spacial score (nSPS) is 21.1. The Kier molecular flexibility index (Phi) is 4.09. The van der Waals surface area contributed by atoms with Crippen molar-refractivity contribution >= 4 is 16.9 Å². The molecule has 3 aromatic rings. The van der Waals surface area contributed by atoms with Crippen molar-refractivity contribution in [2.24, 2.45) is 0 Å². The number of carbonyl (C=O) groups excluding carboxylic acids is 1. The molecule has 0 saturated carbocycles. The molecule has 2 atom stereocenters. The van der Waals surface area contributed by atoms with Crippen LogP contribution >= 0.6 is 0 Å². The Morgan fingerprint density at radius 2 is 1.96 bits per heavy atom. The number of carbonyl (C=O) groups is 1. The number of para-hydroxylation sites is 1. The van der Waals surface area contributed by atoms with E-state index < -0.39 is 6.10 Å². The molecule has 0 unspecified atom stereocenters. The number of β-amino-alcohol motifs (C(OH)–C–C–N with tert-alkyl or cyclic N) is 1. The minimum atomic E-state index is -0.654. The molecule has 142 valence electrons. The molecule has 7 nitrogen and oxygen atoms in total. The van der Waals surface area contributed by atoms with Crippen molar-refractivity contribution < 1.29 is 19.4 Å². The van der Waals surface area contributed by atoms with Crippen molar-refractivity contribution in [1.29, 1.82) is 0 Å². The topological polar surface area (TPSA) is 84.8 Å². The van der Waals surface area contributed by atoms with E-state index in [0.717, 1.165) is 11.3 Å². The third kappa shape index (κ3) is 2.84. The van der Waals surface area contributed by atoms with Crippen LogP contribution in [0, 0.1) is 0 Å². The lowest BCUT2D eigenvalue weighted by Crippen LogP contribution is -2.45. The number of likely N-dealkylation sites (tertiary alicyclic amines) is 1. The van der Waals surface area contributed by atoms with Gasteiger partial charge >= 0.3 is 0 Å². The molecule has 5 rings (SSSR count). The predicted octanol–water partition coefficient (Wildman–Crippen LogP) is 2.35.